The summed E-state index contributed by atoms with van der Waals surface area (Å²) >= 11 is 0. The van der Waals surface area contributed by atoms with Crippen LogP contribution >= 0.6 is 0 Å². The average molecular weight is 457 g/mol. The van der Waals surface area contributed by atoms with E-state index in [4.69, 9.17) is 20.2 Å². The molecule has 0 unspecified atom stereocenters. The minimum absolute atomic E-state index is 0.0524. The summed E-state index contributed by atoms with van der Waals surface area (Å²) in [6.07, 6.45) is 7.50. The fourth-order valence-electron chi connectivity index (χ4n) is 7.00. The minimum atomic E-state index is -0.560. The van der Waals surface area contributed by atoms with E-state index in [1.54, 1.807) is 0 Å². The van der Waals surface area contributed by atoms with Gasteiger partial charge in [-0.15, -0.1) is 0 Å². The lowest BCUT2D eigenvalue weighted by molar-refractivity contribution is -0.161. The maximum atomic E-state index is 6.58. The molecule has 6 nitrogen and oxygen atoms in total. The number of hydrogen-bond donors (Lipinski definition) is 1. The fraction of sp³-hybridized carbons (Fsp3) is 0.500. The number of hydrogen-bond acceptors (Lipinski definition) is 5. The number of aryl methyl sites for hydroxylation is 1. The summed E-state index contributed by atoms with van der Waals surface area (Å²) < 4.78 is 15.5. The minimum Gasteiger partial charge on any atom is -0.386 e. The highest BCUT2D eigenvalue weighted by Crippen LogP contribution is 2.73. The van der Waals surface area contributed by atoms with Crippen molar-refractivity contribution in [2.45, 2.75) is 76.4 Å². The van der Waals surface area contributed by atoms with Gasteiger partial charge in [0.2, 0.25) is 0 Å². The van der Waals surface area contributed by atoms with Crippen molar-refractivity contribution in [1.29, 1.82) is 0 Å². The van der Waals surface area contributed by atoms with Crippen molar-refractivity contribution in [2.24, 2.45) is 22.1 Å². The summed E-state index contributed by atoms with van der Waals surface area (Å²) in [7, 11) is 0. The third-order valence-corrected chi connectivity index (χ3v) is 8.92. The Kier molecular flexibility index (Phi) is 3.94. The summed E-state index contributed by atoms with van der Waals surface area (Å²) in [5.41, 5.74) is 10.8. The van der Waals surface area contributed by atoms with E-state index < -0.39 is 5.79 Å². The molecule has 3 aromatic rings. The van der Waals surface area contributed by atoms with Crippen molar-refractivity contribution in [3.05, 3.63) is 59.9 Å². The van der Waals surface area contributed by atoms with Crippen LogP contribution in [-0.2, 0) is 21.3 Å². The second kappa shape index (κ2) is 6.49. The molecule has 2 aliphatic carbocycles. The summed E-state index contributed by atoms with van der Waals surface area (Å²) in [5, 5.41) is 1.18. The van der Waals surface area contributed by atoms with Crippen LogP contribution in [0.4, 0.5) is 5.69 Å². The standard InChI is InChI=1S/C28H32N4O2/c1-26(2)18-8-7-16(14-20(18)31-25(26)29)9-11-28-15-19(28)21(22-23(28)34-27(3,4)33-22)32-13-10-17-6-5-12-30-24(17)32/h5-8,10,12-14,19,21-23H,9,11,15H2,1-4H3,(H2,29,31)/t19-,21-,22+,23+,28+/m1/s1. The number of benzene rings is 1. The SMILES string of the molecule is CC1(C)O[C@H]2[C@H](n3ccc4cccnc43)[C@H]3C[C@]3(CCc3ccc4c(c3)N=C(N)C4(C)C)[C@H]2O1. The zero-order valence-electron chi connectivity index (χ0n) is 20.3. The molecule has 2 saturated carbocycles. The van der Waals surface area contributed by atoms with Gasteiger partial charge < -0.3 is 19.8 Å². The van der Waals surface area contributed by atoms with Crippen molar-refractivity contribution < 1.29 is 9.47 Å². The van der Waals surface area contributed by atoms with Crippen LogP contribution in [0.5, 0.6) is 0 Å². The van der Waals surface area contributed by atoms with Gasteiger partial charge in [-0.2, -0.15) is 0 Å². The highest BCUT2D eigenvalue weighted by Gasteiger charge is 2.75. The number of nitrogens with two attached hydrogens (primary N) is 1. The van der Waals surface area contributed by atoms with Crippen LogP contribution in [0, 0.1) is 11.3 Å². The maximum absolute atomic E-state index is 6.58. The number of aliphatic imine (C=N–C) groups is 1. The molecule has 7 rings (SSSR count). The first kappa shape index (κ1) is 20.7. The van der Waals surface area contributed by atoms with Gasteiger partial charge in [-0.05, 0) is 88.3 Å². The maximum Gasteiger partial charge on any atom is 0.163 e. The summed E-state index contributed by atoms with van der Waals surface area (Å²) in [4.78, 5) is 9.36. The first-order valence-electron chi connectivity index (χ1n) is 12.4. The summed E-state index contributed by atoms with van der Waals surface area (Å²) in [5.74, 6) is 0.683. The van der Waals surface area contributed by atoms with Crippen molar-refractivity contribution in [1.82, 2.24) is 9.55 Å². The molecule has 34 heavy (non-hydrogen) atoms. The van der Waals surface area contributed by atoms with Gasteiger partial charge >= 0.3 is 0 Å². The van der Waals surface area contributed by atoms with E-state index in [1.165, 1.54) is 22.9 Å². The third-order valence-electron chi connectivity index (χ3n) is 8.92. The molecule has 2 N–H and O–H groups in total. The van der Waals surface area contributed by atoms with Gasteiger partial charge in [-0.25, -0.2) is 9.98 Å². The van der Waals surface area contributed by atoms with Gasteiger partial charge in [0.15, 0.2) is 5.79 Å². The molecular weight excluding hydrogens is 424 g/mol. The van der Waals surface area contributed by atoms with Crippen molar-refractivity contribution >= 4 is 22.6 Å². The normalized spacial score (nSPS) is 34.1. The fourth-order valence-corrected chi connectivity index (χ4v) is 7.00. The monoisotopic (exact) mass is 456 g/mol. The summed E-state index contributed by atoms with van der Waals surface area (Å²) in [6, 6.07) is 13.3. The van der Waals surface area contributed by atoms with Gasteiger partial charge in [-0.1, -0.05) is 12.1 Å². The Bertz CT molecular complexity index is 1360. The zero-order chi connectivity index (χ0) is 23.5. The Morgan fingerprint density at radius 2 is 1.97 bits per heavy atom. The largest absolute Gasteiger partial charge is 0.386 e. The second-order valence-corrected chi connectivity index (χ2v) is 11.7. The van der Waals surface area contributed by atoms with E-state index in [0.717, 1.165) is 24.2 Å². The van der Waals surface area contributed by atoms with E-state index in [-0.39, 0.29) is 29.1 Å². The first-order chi connectivity index (χ1) is 16.2. The number of rotatable bonds is 4. The molecule has 0 radical (unpaired) electrons. The van der Waals surface area contributed by atoms with Crippen LogP contribution in [0.1, 0.15) is 57.7 Å². The number of nitrogens with zero attached hydrogens (tertiary/aromatic N) is 3. The van der Waals surface area contributed by atoms with Gasteiger partial charge in [0, 0.05) is 28.6 Å². The highest BCUT2D eigenvalue weighted by molar-refractivity contribution is 5.98. The van der Waals surface area contributed by atoms with E-state index in [0.29, 0.717) is 11.8 Å². The lowest BCUT2D eigenvalue weighted by Gasteiger charge is -2.24. The molecule has 4 aliphatic rings. The Labute approximate surface area is 200 Å². The molecule has 0 spiro atoms. The van der Waals surface area contributed by atoms with Crippen LogP contribution in [-0.4, -0.2) is 33.4 Å². The van der Waals surface area contributed by atoms with Crippen molar-refractivity contribution in [2.75, 3.05) is 0 Å². The van der Waals surface area contributed by atoms with Crippen LogP contribution < -0.4 is 5.73 Å². The summed E-state index contributed by atoms with van der Waals surface area (Å²) in [6.45, 7) is 8.38. The predicted molar refractivity (Wildman–Crippen MR) is 132 cm³/mol. The number of amidine groups is 1. The van der Waals surface area contributed by atoms with Gasteiger partial charge in [0.1, 0.15) is 17.6 Å². The number of pyridine rings is 1. The van der Waals surface area contributed by atoms with Crippen LogP contribution in [0.25, 0.3) is 11.0 Å². The molecule has 1 aromatic carbocycles. The first-order valence-corrected chi connectivity index (χ1v) is 12.4. The lowest BCUT2D eigenvalue weighted by atomic mass is 9.84. The Morgan fingerprint density at radius 3 is 2.82 bits per heavy atom. The Balaban J connectivity index is 1.19. The quantitative estimate of drug-likeness (QED) is 0.598. The second-order valence-electron chi connectivity index (χ2n) is 11.7. The molecule has 0 bridgehead atoms. The van der Waals surface area contributed by atoms with Gasteiger partial charge in [-0.3, -0.25) is 0 Å². The molecular formula is C28H32N4O2. The zero-order valence-corrected chi connectivity index (χ0v) is 20.3. The Hall–Kier alpha value is -2.70. The molecule has 2 aromatic heterocycles. The molecule has 4 heterocycles. The average Bonchev–Trinajstić information content (AvgIpc) is 2.99. The van der Waals surface area contributed by atoms with E-state index in [2.05, 4.69) is 59.9 Å². The van der Waals surface area contributed by atoms with E-state index in [9.17, 15) is 0 Å². The molecule has 3 fully saturated rings. The molecule has 2 aliphatic heterocycles. The Morgan fingerprint density at radius 1 is 1.12 bits per heavy atom. The molecule has 1 saturated heterocycles. The highest BCUT2D eigenvalue weighted by atomic mass is 16.8. The number of aromatic nitrogens is 2. The molecule has 6 heteroatoms. The van der Waals surface area contributed by atoms with Crippen molar-refractivity contribution in [3.63, 3.8) is 0 Å². The van der Waals surface area contributed by atoms with Gasteiger partial charge in [0.05, 0.1) is 17.8 Å². The van der Waals surface area contributed by atoms with Crippen LogP contribution in [0.15, 0.2) is 53.8 Å². The molecule has 176 valence electrons. The smallest absolute Gasteiger partial charge is 0.163 e. The third kappa shape index (κ3) is 2.70. The lowest BCUT2D eigenvalue weighted by Crippen LogP contribution is -2.32. The topological polar surface area (TPSA) is 74.7 Å². The molecule has 0 amide bonds. The molecule has 5 atom stereocenters. The van der Waals surface area contributed by atoms with Crippen molar-refractivity contribution in [3.8, 4) is 0 Å². The van der Waals surface area contributed by atoms with Crippen LogP contribution in [0.2, 0.25) is 0 Å². The van der Waals surface area contributed by atoms with E-state index >= 15 is 0 Å². The van der Waals surface area contributed by atoms with Gasteiger partial charge in [0.25, 0.3) is 0 Å². The number of fused-ring (bicyclic) bond motifs is 5. The predicted octanol–water partition coefficient (Wildman–Crippen LogP) is 5.03. The van der Waals surface area contributed by atoms with Crippen LogP contribution in [0.3, 0.4) is 0 Å². The van der Waals surface area contributed by atoms with E-state index in [1.807, 2.05) is 26.1 Å². The number of ether oxygens (including phenoxy) is 2.